The fourth-order valence-electron chi connectivity index (χ4n) is 1.36. The van der Waals surface area contributed by atoms with E-state index < -0.39 is 5.95 Å². The van der Waals surface area contributed by atoms with E-state index in [2.05, 4.69) is 4.98 Å². The molecule has 76 valence electrons. The van der Waals surface area contributed by atoms with Crippen molar-refractivity contribution in [2.24, 2.45) is 0 Å². The van der Waals surface area contributed by atoms with Crippen molar-refractivity contribution in [2.75, 3.05) is 11.5 Å². The molecule has 3 nitrogen and oxygen atoms in total. The smallest absolute Gasteiger partial charge is 0.212 e. The topological polar surface area (TPSA) is 64.9 Å². The molecule has 4 heteroatoms. The van der Waals surface area contributed by atoms with E-state index in [1.807, 2.05) is 0 Å². The predicted octanol–water partition coefficient (Wildman–Crippen LogP) is 2.05. The van der Waals surface area contributed by atoms with E-state index in [1.165, 1.54) is 12.3 Å². The summed E-state index contributed by atoms with van der Waals surface area (Å²) < 4.78 is 12.6. The fourth-order valence-corrected chi connectivity index (χ4v) is 1.36. The molecule has 0 atom stereocenters. The number of nitrogens with zero attached hydrogens (tertiary/aromatic N) is 1. The van der Waals surface area contributed by atoms with Gasteiger partial charge in [-0.2, -0.15) is 4.39 Å². The summed E-state index contributed by atoms with van der Waals surface area (Å²) >= 11 is 0. The summed E-state index contributed by atoms with van der Waals surface area (Å²) in [7, 11) is 0. The van der Waals surface area contributed by atoms with Crippen molar-refractivity contribution in [1.82, 2.24) is 4.98 Å². The van der Waals surface area contributed by atoms with Crippen LogP contribution in [0.25, 0.3) is 11.1 Å². The quantitative estimate of drug-likeness (QED) is 0.550. The highest BCUT2D eigenvalue weighted by Gasteiger charge is 2.03. The number of nitrogens with two attached hydrogens (primary N) is 2. The van der Waals surface area contributed by atoms with Crippen LogP contribution in [0, 0.1) is 5.95 Å². The molecule has 4 N–H and O–H groups in total. The van der Waals surface area contributed by atoms with Gasteiger partial charge in [-0.15, -0.1) is 0 Å². The van der Waals surface area contributed by atoms with Crippen LogP contribution in [-0.2, 0) is 0 Å². The maximum atomic E-state index is 12.6. The van der Waals surface area contributed by atoms with Crippen molar-refractivity contribution in [2.45, 2.75) is 0 Å². The molecule has 1 heterocycles. The Morgan fingerprint density at radius 1 is 1.07 bits per heavy atom. The summed E-state index contributed by atoms with van der Waals surface area (Å²) in [6.45, 7) is 0. The summed E-state index contributed by atoms with van der Waals surface area (Å²) in [5.74, 6) is -0.513. The van der Waals surface area contributed by atoms with Crippen LogP contribution in [0.4, 0.5) is 15.8 Å². The highest BCUT2D eigenvalue weighted by Crippen LogP contribution is 2.27. The number of pyridine rings is 1. The minimum Gasteiger partial charge on any atom is -0.399 e. The number of hydrogen-bond donors (Lipinski definition) is 2. The van der Waals surface area contributed by atoms with Gasteiger partial charge >= 0.3 is 0 Å². The molecule has 0 saturated carbocycles. The van der Waals surface area contributed by atoms with Crippen molar-refractivity contribution < 1.29 is 4.39 Å². The second-order valence-corrected chi connectivity index (χ2v) is 3.22. The molecule has 2 rings (SSSR count). The lowest BCUT2D eigenvalue weighted by atomic mass is 10.1. The number of benzene rings is 1. The van der Waals surface area contributed by atoms with Gasteiger partial charge in [-0.25, -0.2) is 4.98 Å². The van der Waals surface area contributed by atoms with Gasteiger partial charge in [0.2, 0.25) is 5.95 Å². The number of anilines is 2. The molecule has 15 heavy (non-hydrogen) atoms. The maximum absolute atomic E-state index is 12.6. The molecular formula is C11H10FN3. The summed E-state index contributed by atoms with van der Waals surface area (Å²) in [6.07, 6.45) is 1.43. The van der Waals surface area contributed by atoms with Crippen molar-refractivity contribution in [3.05, 3.63) is 42.5 Å². The number of nitrogen functional groups attached to an aromatic ring is 2. The third-order valence-corrected chi connectivity index (χ3v) is 2.12. The molecule has 0 bridgehead atoms. The summed E-state index contributed by atoms with van der Waals surface area (Å²) in [5, 5.41) is 0. The van der Waals surface area contributed by atoms with Gasteiger partial charge in [0.1, 0.15) is 0 Å². The van der Waals surface area contributed by atoms with Gasteiger partial charge < -0.3 is 11.5 Å². The molecule has 0 amide bonds. The predicted molar refractivity (Wildman–Crippen MR) is 58.5 cm³/mol. The third kappa shape index (κ3) is 1.88. The van der Waals surface area contributed by atoms with Gasteiger partial charge in [0.25, 0.3) is 0 Å². The van der Waals surface area contributed by atoms with Crippen LogP contribution in [0.1, 0.15) is 0 Å². The molecule has 0 unspecified atom stereocenters. The van der Waals surface area contributed by atoms with Crippen LogP contribution in [0.2, 0.25) is 0 Å². The zero-order valence-corrected chi connectivity index (χ0v) is 7.94. The molecular weight excluding hydrogens is 193 g/mol. The average Bonchev–Trinajstić information content (AvgIpc) is 2.23. The summed E-state index contributed by atoms with van der Waals surface area (Å²) in [6, 6.07) is 8.08. The molecule has 0 saturated heterocycles. The largest absolute Gasteiger partial charge is 0.399 e. The first-order valence-corrected chi connectivity index (χ1v) is 4.44. The normalized spacial score (nSPS) is 10.2. The zero-order valence-electron chi connectivity index (χ0n) is 7.94. The fraction of sp³-hybridized carbons (Fsp3) is 0. The Labute approximate surface area is 86.6 Å². The number of hydrogen-bond acceptors (Lipinski definition) is 3. The Balaban J connectivity index is 2.53. The SMILES string of the molecule is Nc1ccc(N)c(-c2ccc(F)nc2)c1. The molecule has 0 aliphatic heterocycles. The molecule has 0 radical (unpaired) electrons. The van der Waals surface area contributed by atoms with Crippen LogP contribution in [0.15, 0.2) is 36.5 Å². The van der Waals surface area contributed by atoms with Crippen molar-refractivity contribution in [3.63, 3.8) is 0 Å². The zero-order chi connectivity index (χ0) is 10.8. The standard InChI is InChI=1S/C11H10FN3/c12-11-4-1-7(6-15-11)9-5-8(13)2-3-10(9)14/h1-6H,13-14H2. The van der Waals surface area contributed by atoms with E-state index in [9.17, 15) is 4.39 Å². The minimum atomic E-state index is -0.513. The molecule has 0 fully saturated rings. The Kier molecular flexibility index (Phi) is 2.25. The molecule has 1 aromatic carbocycles. The average molecular weight is 203 g/mol. The Morgan fingerprint density at radius 2 is 1.87 bits per heavy atom. The van der Waals surface area contributed by atoms with Crippen LogP contribution >= 0.6 is 0 Å². The van der Waals surface area contributed by atoms with E-state index in [0.29, 0.717) is 11.4 Å². The first-order chi connectivity index (χ1) is 7.16. The van der Waals surface area contributed by atoms with Gasteiger partial charge in [-0.3, -0.25) is 0 Å². The van der Waals surface area contributed by atoms with Gasteiger partial charge in [0.15, 0.2) is 0 Å². The maximum Gasteiger partial charge on any atom is 0.212 e. The number of halogens is 1. The van der Waals surface area contributed by atoms with Crippen molar-refractivity contribution in [1.29, 1.82) is 0 Å². The minimum absolute atomic E-state index is 0.513. The first kappa shape index (κ1) is 9.45. The Morgan fingerprint density at radius 3 is 2.53 bits per heavy atom. The second kappa shape index (κ2) is 3.57. The van der Waals surface area contributed by atoms with Crippen LogP contribution in [-0.4, -0.2) is 4.98 Å². The van der Waals surface area contributed by atoms with E-state index >= 15 is 0 Å². The molecule has 0 aliphatic carbocycles. The van der Waals surface area contributed by atoms with E-state index in [4.69, 9.17) is 11.5 Å². The third-order valence-electron chi connectivity index (χ3n) is 2.12. The lowest BCUT2D eigenvalue weighted by molar-refractivity contribution is 0.584. The molecule has 0 aliphatic rings. The van der Waals surface area contributed by atoms with Crippen LogP contribution < -0.4 is 11.5 Å². The molecule has 2 aromatic rings. The molecule has 1 aromatic heterocycles. The van der Waals surface area contributed by atoms with Gasteiger partial charge in [0.05, 0.1) is 0 Å². The van der Waals surface area contributed by atoms with Crippen LogP contribution in [0.3, 0.4) is 0 Å². The van der Waals surface area contributed by atoms with E-state index in [-0.39, 0.29) is 0 Å². The highest BCUT2D eigenvalue weighted by molar-refractivity contribution is 5.78. The summed E-state index contributed by atoms with van der Waals surface area (Å²) in [5.41, 5.74) is 14.2. The second-order valence-electron chi connectivity index (χ2n) is 3.22. The van der Waals surface area contributed by atoms with Crippen LogP contribution in [0.5, 0.6) is 0 Å². The first-order valence-electron chi connectivity index (χ1n) is 4.44. The monoisotopic (exact) mass is 203 g/mol. The Bertz CT molecular complexity index is 480. The van der Waals surface area contributed by atoms with E-state index in [0.717, 1.165) is 11.1 Å². The number of aromatic nitrogens is 1. The van der Waals surface area contributed by atoms with Gasteiger partial charge in [-0.05, 0) is 30.3 Å². The molecule has 0 spiro atoms. The lowest BCUT2D eigenvalue weighted by Crippen LogP contribution is -1.93. The lowest BCUT2D eigenvalue weighted by Gasteiger charge is -2.06. The van der Waals surface area contributed by atoms with Gasteiger partial charge in [0, 0.05) is 28.7 Å². The van der Waals surface area contributed by atoms with Gasteiger partial charge in [-0.1, -0.05) is 0 Å². The van der Waals surface area contributed by atoms with Crippen molar-refractivity contribution >= 4 is 11.4 Å². The number of rotatable bonds is 1. The van der Waals surface area contributed by atoms with E-state index in [1.54, 1.807) is 24.3 Å². The summed E-state index contributed by atoms with van der Waals surface area (Å²) in [4.78, 5) is 3.56. The Hall–Kier alpha value is -2.10. The van der Waals surface area contributed by atoms with Crippen molar-refractivity contribution in [3.8, 4) is 11.1 Å². The highest BCUT2D eigenvalue weighted by atomic mass is 19.1.